The Morgan fingerprint density at radius 1 is 1.33 bits per heavy atom. The number of benzene rings is 1. The number of fused-ring (bicyclic) bond motifs is 1. The molecule has 0 bridgehead atoms. The molecule has 0 amide bonds. The maximum atomic E-state index is 8.92. The first-order valence-corrected chi connectivity index (χ1v) is 4.74. The molecule has 3 nitrogen and oxygen atoms in total. The van der Waals surface area contributed by atoms with Crippen molar-refractivity contribution in [3.05, 3.63) is 41.6 Å². The molecule has 74 valence electrons. The Balaban J connectivity index is 2.66. The van der Waals surface area contributed by atoms with Gasteiger partial charge in [-0.2, -0.15) is 5.26 Å². The minimum absolute atomic E-state index is 0.107. The van der Waals surface area contributed by atoms with Crippen LogP contribution in [0.3, 0.4) is 0 Å². The van der Waals surface area contributed by atoms with E-state index in [0.717, 1.165) is 16.5 Å². The highest BCUT2D eigenvalue weighted by Gasteiger charge is 2.02. The van der Waals surface area contributed by atoms with Crippen molar-refractivity contribution in [2.45, 2.75) is 6.42 Å². The van der Waals surface area contributed by atoms with Crippen LogP contribution in [0, 0.1) is 11.3 Å². The monoisotopic (exact) mass is 198 g/mol. The summed E-state index contributed by atoms with van der Waals surface area (Å²) in [5.74, 6) is 0. The number of hydrogen-bond donors (Lipinski definition) is 1. The largest absolute Gasteiger partial charge is 0.396 e. The maximum absolute atomic E-state index is 8.92. The van der Waals surface area contributed by atoms with E-state index in [0.29, 0.717) is 12.0 Å². The lowest BCUT2D eigenvalue weighted by molar-refractivity contribution is 0.300. The molecule has 0 aliphatic rings. The highest BCUT2D eigenvalue weighted by Crippen LogP contribution is 2.18. The minimum atomic E-state index is 0.107. The van der Waals surface area contributed by atoms with Crippen LogP contribution in [0.15, 0.2) is 30.5 Å². The lowest BCUT2D eigenvalue weighted by atomic mass is 10.0. The molecule has 0 fully saturated rings. The molecular weight excluding hydrogens is 188 g/mol. The second-order valence-corrected chi connectivity index (χ2v) is 3.29. The zero-order valence-electron chi connectivity index (χ0n) is 8.14. The van der Waals surface area contributed by atoms with Crippen LogP contribution in [0.5, 0.6) is 0 Å². The number of pyridine rings is 1. The second-order valence-electron chi connectivity index (χ2n) is 3.29. The Morgan fingerprint density at radius 2 is 2.20 bits per heavy atom. The predicted octanol–water partition coefficient (Wildman–Crippen LogP) is 1.64. The Kier molecular flexibility index (Phi) is 2.61. The summed E-state index contributed by atoms with van der Waals surface area (Å²) < 4.78 is 0. The van der Waals surface area contributed by atoms with E-state index in [1.54, 1.807) is 12.3 Å². The van der Waals surface area contributed by atoms with Crippen LogP contribution in [-0.4, -0.2) is 16.7 Å². The van der Waals surface area contributed by atoms with Gasteiger partial charge in [-0.3, -0.25) is 4.98 Å². The third-order valence-corrected chi connectivity index (χ3v) is 2.34. The first-order chi connectivity index (χ1) is 7.35. The standard InChI is InChI=1S/C12H10N2O/c13-8-9-1-2-12-11(7-9)10(4-6-15)3-5-14-12/h1-3,5,7,15H,4,6H2. The summed E-state index contributed by atoms with van der Waals surface area (Å²) in [6, 6.07) is 9.36. The molecule has 2 rings (SSSR count). The van der Waals surface area contributed by atoms with Crippen LogP contribution in [0.1, 0.15) is 11.1 Å². The van der Waals surface area contributed by atoms with Gasteiger partial charge in [-0.05, 0) is 36.2 Å². The van der Waals surface area contributed by atoms with E-state index in [1.165, 1.54) is 0 Å². The van der Waals surface area contributed by atoms with E-state index in [2.05, 4.69) is 11.1 Å². The normalized spacial score (nSPS) is 10.1. The number of nitrogens with zero attached hydrogens (tertiary/aromatic N) is 2. The van der Waals surface area contributed by atoms with Crippen LogP contribution < -0.4 is 0 Å². The third kappa shape index (κ3) is 1.80. The van der Waals surface area contributed by atoms with Crippen molar-refractivity contribution >= 4 is 10.9 Å². The molecule has 1 aromatic carbocycles. The number of aromatic nitrogens is 1. The van der Waals surface area contributed by atoms with Crippen LogP contribution >= 0.6 is 0 Å². The summed E-state index contributed by atoms with van der Waals surface area (Å²) in [6.07, 6.45) is 2.31. The zero-order valence-corrected chi connectivity index (χ0v) is 8.14. The Hall–Kier alpha value is -1.92. The van der Waals surface area contributed by atoms with Gasteiger partial charge >= 0.3 is 0 Å². The van der Waals surface area contributed by atoms with E-state index in [1.807, 2.05) is 18.2 Å². The molecule has 0 aliphatic heterocycles. The number of aliphatic hydroxyl groups excluding tert-OH is 1. The number of hydrogen-bond acceptors (Lipinski definition) is 3. The minimum Gasteiger partial charge on any atom is -0.396 e. The molecule has 15 heavy (non-hydrogen) atoms. The molecule has 0 radical (unpaired) electrons. The lowest BCUT2D eigenvalue weighted by Crippen LogP contribution is -1.93. The van der Waals surface area contributed by atoms with E-state index in [9.17, 15) is 0 Å². The Bertz CT molecular complexity index is 529. The van der Waals surface area contributed by atoms with Gasteiger partial charge < -0.3 is 5.11 Å². The summed E-state index contributed by atoms with van der Waals surface area (Å²) in [7, 11) is 0. The van der Waals surface area contributed by atoms with Gasteiger partial charge in [-0.15, -0.1) is 0 Å². The average Bonchev–Trinajstić information content (AvgIpc) is 2.29. The predicted molar refractivity (Wildman–Crippen MR) is 57.2 cm³/mol. The number of aliphatic hydroxyl groups is 1. The van der Waals surface area contributed by atoms with Crippen LogP contribution in [0.4, 0.5) is 0 Å². The highest BCUT2D eigenvalue weighted by molar-refractivity contribution is 5.83. The molecule has 0 aliphatic carbocycles. The van der Waals surface area contributed by atoms with E-state index in [4.69, 9.17) is 10.4 Å². The summed E-state index contributed by atoms with van der Waals surface area (Å²) >= 11 is 0. The molecule has 0 atom stereocenters. The summed E-state index contributed by atoms with van der Waals surface area (Å²) in [5, 5.41) is 18.7. The fourth-order valence-electron chi connectivity index (χ4n) is 1.61. The molecule has 0 spiro atoms. The van der Waals surface area contributed by atoms with Crippen molar-refractivity contribution in [2.75, 3.05) is 6.61 Å². The first-order valence-electron chi connectivity index (χ1n) is 4.74. The number of nitriles is 1. The van der Waals surface area contributed by atoms with Crippen molar-refractivity contribution in [3.8, 4) is 6.07 Å². The van der Waals surface area contributed by atoms with Crippen molar-refractivity contribution in [1.82, 2.24) is 4.98 Å². The maximum Gasteiger partial charge on any atom is 0.0991 e. The molecule has 1 heterocycles. The molecule has 0 unspecified atom stereocenters. The van der Waals surface area contributed by atoms with Gasteiger partial charge in [0.2, 0.25) is 0 Å². The second kappa shape index (κ2) is 4.07. The molecule has 3 heteroatoms. The molecule has 2 aromatic rings. The van der Waals surface area contributed by atoms with Crippen LogP contribution in [0.2, 0.25) is 0 Å². The average molecular weight is 198 g/mol. The van der Waals surface area contributed by atoms with Gasteiger partial charge in [0, 0.05) is 18.2 Å². The SMILES string of the molecule is N#Cc1ccc2nccc(CCO)c2c1. The Morgan fingerprint density at radius 3 is 2.93 bits per heavy atom. The first kappa shape index (κ1) is 9.63. The van der Waals surface area contributed by atoms with Gasteiger partial charge in [0.15, 0.2) is 0 Å². The van der Waals surface area contributed by atoms with Gasteiger partial charge in [0.05, 0.1) is 17.1 Å². The fraction of sp³-hybridized carbons (Fsp3) is 0.167. The molecule has 0 saturated heterocycles. The van der Waals surface area contributed by atoms with Crippen molar-refractivity contribution in [2.24, 2.45) is 0 Å². The molecule has 1 aromatic heterocycles. The van der Waals surface area contributed by atoms with Crippen LogP contribution in [-0.2, 0) is 6.42 Å². The number of rotatable bonds is 2. The van der Waals surface area contributed by atoms with Crippen molar-refractivity contribution in [1.29, 1.82) is 5.26 Å². The topological polar surface area (TPSA) is 56.9 Å². The van der Waals surface area contributed by atoms with Gasteiger partial charge in [0.1, 0.15) is 0 Å². The van der Waals surface area contributed by atoms with E-state index < -0.39 is 0 Å². The summed E-state index contributed by atoms with van der Waals surface area (Å²) in [5.41, 5.74) is 2.51. The smallest absolute Gasteiger partial charge is 0.0991 e. The fourth-order valence-corrected chi connectivity index (χ4v) is 1.61. The van der Waals surface area contributed by atoms with Crippen LogP contribution in [0.25, 0.3) is 10.9 Å². The Labute approximate surface area is 87.6 Å². The van der Waals surface area contributed by atoms with E-state index in [-0.39, 0.29) is 6.61 Å². The third-order valence-electron chi connectivity index (χ3n) is 2.34. The summed E-state index contributed by atoms with van der Waals surface area (Å²) in [4.78, 5) is 4.21. The summed E-state index contributed by atoms with van der Waals surface area (Å²) in [6.45, 7) is 0.107. The zero-order chi connectivity index (χ0) is 10.7. The van der Waals surface area contributed by atoms with Gasteiger partial charge in [-0.1, -0.05) is 0 Å². The molecular formula is C12H10N2O. The molecule has 1 N–H and O–H groups in total. The van der Waals surface area contributed by atoms with Gasteiger partial charge in [-0.25, -0.2) is 0 Å². The van der Waals surface area contributed by atoms with Crippen molar-refractivity contribution in [3.63, 3.8) is 0 Å². The highest BCUT2D eigenvalue weighted by atomic mass is 16.2. The van der Waals surface area contributed by atoms with E-state index >= 15 is 0 Å². The molecule has 0 saturated carbocycles. The quantitative estimate of drug-likeness (QED) is 0.798. The van der Waals surface area contributed by atoms with Crippen molar-refractivity contribution < 1.29 is 5.11 Å². The van der Waals surface area contributed by atoms with Gasteiger partial charge in [0.25, 0.3) is 0 Å². The lowest BCUT2D eigenvalue weighted by Gasteiger charge is -2.04.